The molecule has 0 saturated heterocycles. The molecular weight excluding hydrogens is 300 g/mol. The second kappa shape index (κ2) is 7.67. The maximum Gasteiger partial charge on any atom is 0.312 e. The van der Waals surface area contributed by atoms with Gasteiger partial charge in [-0.05, 0) is 18.2 Å². The molecule has 7 heteroatoms. The summed E-state index contributed by atoms with van der Waals surface area (Å²) in [5.74, 6) is -0.146. The first kappa shape index (κ1) is 14.5. The fourth-order valence-corrected chi connectivity index (χ4v) is 1.65. The van der Waals surface area contributed by atoms with Crippen molar-refractivity contribution in [1.29, 1.82) is 0 Å². The zero-order valence-corrected chi connectivity index (χ0v) is 11.3. The molecule has 0 bridgehead atoms. The number of carbonyl (C=O) groups is 2. The predicted molar refractivity (Wildman–Crippen MR) is 73.2 cm³/mol. The molecule has 0 aliphatic carbocycles. The van der Waals surface area contributed by atoms with Crippen LogP contribution >= 0.6 is 15.9 Å². The summed E-state index contributed by atoms with van der Waals surface area (Å²) in [5.41, 5.74) is 5.62. The molecule has 0 aliphatic rings. The van der Waals surface area contributed by atoms with Crippen molar-refractivity contribution in [1.82, 2.24) is 10.6 Å². The number of hydrogen-bond acceptors (Lipinski definition) is 3. The minimum atomic E-state index is -0.574. The second-order valence-electron chi connectivity index (χ2n) is 3.53. The van der Waals surface area contributed by atoms with E-state index in [1.54, 1.807) is 6.07 Å². The number of urea groups is 1. The number of primary amides is 1. The molecule has 1 aromatic rings. The second-order valence-corrected chi connectivity index (χ2v) is 4.44. The molecule has 0 saturated carbocycles. The van der Waals surface area contributed by atoms with Gasteiger partial charge in [0, 0.05) is 23.2 Å². The van der Waals surface area contributed by atoms with Crippen molar-refractivity contribution in [2.75, 3.05) is 25.0 Å². The van der Waals surface area contributed by atoms with E-state index in [2.05, 4.69) is 31.9 Å². The Hall–Kier alpha value is -1.60. The highest BCUT2D eigenvalue weighted by molar-refractivity contribution is 9.10. The van der Waals surface area contributed by atoms with Crippen LogP contribution in [-0.2, 0) is 4.79 Å². The SMILES string of the molecule is NC(=O)NCCNCC(=O)Nc1cccc(Br)c1. The summed E-state index contributed by atoms with van der Waals surface area (Å²) in [5, 5.41) is 8.04. The molecule has 0 unspecified atom stereocenters. The zero-order chi connectivity index (χ0) is 13.4. The van der Waals surface area contributed by atoms with E-state index in [4.69, 9.17) is 5.73 Å². The van der Waals surface area contributed by atoms with Crippen molar-refractivity contribution < 1.29 is 9.59 Å². The van der Waals surface area contributed by atoms with Crippen LogP contribution in [0.15, 0.2) is 28.7 Å². The van der Waals surface area contributed by atoms with Gasteiger partial charge in [-0.1, -0.05) is 22.0 Å². The van der Waals surface area contributed by atoms with Gasteiger partial charge >= 0.3 is 6.03 Å². The Morgan fingerprint density at radius 1 is 1.28 bits per heavy atom. The smallest absolute Gasteiger partial charge is 0.312 e. The van der Waals surface area contributed by atoms with Gasteiger partial charge in [0.2, 0.25) is 5.91 Å². The molecule has 5 N–H and O–H groups in total. The first-order valence-electron chi connectivity index (χ1n) is 5.37. The first-order valence-corrected chi connectivity index (χ1v) is 6.16. The number of anilines is 1. The summed E-state index contributed by atoms with van der Waals surface area (Å²) in [4.78, 5) is 21.9. The summed E-state index contributed by atoms with van der Waals surface area (Å²) in [6, 6.07) is 6.76. The Balaban J connectivity index is 2.20. The van der Waals surface area contributed by atoms with Crippen molar-refractivity contribution >= 4 is 33.6 Å². The quantitative estimate of drug-likeness (QED) is 0.580. The van der Waals surface area contributed by atoms with Gasteiger partial charge in [0.05, 0.1) is 6.54 Å². The Labute approximate surface area is 113 Å². The Kier molecular flexibility index (Phi) is 6.16. The maximum absolute atomic E-state index is 11.5. The van der Waals surface area contributed by atoms with Crippen LogP contribution in [0.25, 0.3) is 0 Å². The number of amides is 3. The topological polar surface area (TPSA) is 96.2 Å². The number of rotatable bonds is 6. The lowest BCUT2D eigenvalue weighted by Crippen LogP contribution is -2.37. The summed E-state index contributed by atoms with van der Waals surface area (Å²) in [6.45, 7) is 1.04. The standard InChI is InChI=1S/C11H15BrN4O2/c12-8-2-1-3-9(6-8)16-10(17)7-14-4-5-15-11(13)18/h1-3,6,14H,4-5,7H2,(H,16,17)(H3,13,15,18). The Morgan fingerprint density at radius 3 is 2.72 bits per heavy atom. The van der Waals surface area contributed by atoms with Gasteiger partial charge in [-0.15, -0.1) is 0 Å². The van der Waals surface area contributed by atoms with Crippen LogP contribution in [-0.4, -0.2) is 31.6 Å². The maximum atomic E-state index is 11.5. The number of nitrogens with one attached hydrogen (secondary N) is 3. The van der Waals surface area contributed by atoms with Gasteiger partial charge in [-0.25, -0.2) is 4.79 Å². The van der Waals surface area contributed by atoms with Crippen molar-refractivity contribution in [3.8, 4) is 0 Å². The van der Waals surface area contributed by atoms with Crippen LogP contribution in [0.4, 0.5) is 10.5 Å². The number of nitrogens with two attached hydrogens (primary N) is 1. The molecule has 0 aliphatic heterocycles. The van der Waals surface area contributed by atoms with Crippen LogP contribution in [0, 0.1) is 0 Å². The zero-order valence-electron chi connectivity index (χ0n) is 9.70. The monoisotopic (exact) mass is 314 g/mol. The van der Waals surface area contributed by atoms with Crippen LogP contribution in [0.1, 0.15) is 0 Å². The van der Waals surface area contributed by atoms with E-state index in [1.807, 2.05) is 18.2 Å². The molecule has 1 rings (SSSR count). The minimum absolute atomic E-state index is 0.146. The van der Waals surface area contributed by atoms with Crippen LogP contribution in [0.5, 0.6) is 0 Å². The summed E-state index contributed by atoms with van der Waals surface area (Å²) in [7, 11) is 0. The molecule has 6 nitrogen and oxygen atoms in total. The molecule has 0 heterocycles. The van der Waals surface area contributed by atoms with Crippen LogP contribution in [0.3, 0.4) is 0 Å². The molecule has 1 aromatic carbocycles. The number of hydrogen-bond donors (Lipinski definition) is 4. The Morgan fingerprint density at radius 2 is 2.06 bits per heavy atom. The molecule has 18 heavy (non-hydrogen) atoms. The van der Waals surface area contributed by atoms with Gasteiger partial charge in [0.25, 0.3) is 0 Å². The number of halogens is 1. The highest BCUT2D eigenvalue weighted by Gasteiger charge is 2.01. The third-order valence-electron chi connectivity index (χ3n) is 1.99. The molecule has 0 atom stereocenters. The summed E-state index contributed by atoms with van der Waals surface area (Å²) >= 11 is 3.32. The van der Waals surface area contributed by atoms with Gasteiger partial charge in [0.15, 0.2) is 0 Å². The third-order valence-corrected chi connectivity index (χ3v) is 2.49. The van der Waals surface area contributed by atoms with Crippen molar-refractivity contribution in [3.05, 3.63) is 28.7 Å². The van der Waals surface area contributed by atoms with E-state index in [-0.39, 0.29) is 12.5 Å². The fourth-order valence-electron chi connectivity index (χ4n) is 1.25. The predicted octanol–water partition coefficient (Wildman–Crippen LogP) is 0.646. The number of carbonyl (C=O) groups excluding carboxylic acids is 2. The average molecular weight is 315 g/mol. The third kappa shape index (κ3) is 6.21. The summed E-state index contributed by atoms with van der Waals surface area (Å²) < 4.78 is 0.902. The normalized spacial score (nSPS) is 9.83. The van der Waals surface area contributed by atoms with Crippen molar-refractivity contribution in [2.45, 2.75) is 0 Å². The number of benzene rings is 1. The van der Waals surface area contributed by atoms with E-state index < -0.39 is 6.03 Å². The molecule has 0 fully saturated rings. The molecular formula is C11H15BrN4O2. The largest absolute Gasteiger partial charge is 0.352 e. The van der Waals surface area contributed by atoms with E-state index in [1.165, 1.54) is 0 Å². The van der Waals surface area contributed by atoms with E-state index in [0.29, 0.717) is 13.1 Å². The minimum Gasteiger partial charge on any atom is -0.352 e. The van der Waals surface area contributed by atoms with Gasteiger partial charge < -0.3 is 21.7 Å². The lowest BCUT2D eigenvalue weighted by molar-refractivity contribution is -0.115. The molecule has 0 spiro atoms. The van der Waals surface area contributed by atoms with Crippen LogP contribution < -0.4 is 21.7 Å². The average Bonchev–Trinajstić information content (AvgIpc) is 2.28. The van der Waals surface area contributed by atoms with Crippen molar-refractivity contribution in [3.63, 3.8) is 0 Å². The molecule has 0 aromatic heterocycles. The molecule has 3 amide bonds. The van der Waals surface area contributed by atoms with E-state index in [9.17, 15) is 9.59 Å². The van der Waals surface area contributed by atoms with E-state index in [0.717, 1.165) is 10.2 Å². The Bertz CT molecular complexity index is 425. The molecule has 0 radical (unpaired) electrons. The van der Waals surface area contributed by atoms with Gasteiger partial charge in [0.1, 0.15) is 0 Å². The molecule has 98 valence electrons. The van der Waals surface area contributed by atoms with Crippen LogP contribution in [0.2, 0.25) is 0 Å². The fraction of sp³-hybridized carbons (Fsp3) is 0.273. The first-order chi connectivity index (χ1) is 8.58. The highest BCUT2D eigenvalue weighted by Crippen LogP contribution is 2.15. The van der Waals surface area contributed by atoms with Gasteiger partial charge in [-0.3, -0.25) is 4.79 Å². The highest BCUT2D eigenvalue weighted by atomic mass is 79.9. The van der Waals surface area contributed by atoms with Gasteiger partial charge in [-0.2, -0.15) is 0 Å². The lowest BCUT2D eigenvalue weighted by atomic mass is 10.3. The lowest BCUT2D eigenvalue weighted by Gasteiger charge is -2.07. The van der Waals surface area contributed by atoms with E-state index >= 15 is 0 Å². The van der Waals surface area contributed by atoms with Crippen molar-refractivity contribution in [2.24, 2.45) is 5.73 Å². The summed E-state index contributed by atoms with van der Waals surface area (Å²) in [6.07, 6.45) is 0.